The van der Waals surface area contributed by atoms with E-state index in [0.717, 1.165) is 0 Å². The van der Waals surface area contributed by atoms with Gasteiger partial charge in [0.25, 0.3) is 0 Å². The molecule has 0 heterocycles. The SMILES string of the molecule is C[C@]1(Br)CCCC[C@@H]1Cl. The van der Waals surface area contributed by atoms with Crippen LogP contribution in [0.4, 0.5) is 0 Å². The van der Waals surface area contributed by atoms with Crippen molar-refractivity contribution >= 4 is 27.5 Å². The first kappa shape index (κ1) is 7.87. The molecule has 1 aliphatic carbocycles. The summed E-state index contributed by atoms with van der Waals surface area (Å²) in [5, 5.41) is 0.339. The number of rotatable bonds is 0. The van der Waals surface area contributed by atoms with Gasteiger partial charge in [0.05, 0.1) is 0 Å². The lowest BCUT2D eigenvalue weighted by Crippen LogP contribution is -2.31. The fourth-order valence-corrected chi connectivity index (χ4v) is 2.02. The lowest BCUT2D eigenvalue weighted by molar-refractivity contribution is 0.437. The van der Waals surface area contributed by atoms with Gasteiger partial charge in [0.1, 0.15) is 0 Å². The van der Waals surface area contributed by atoms with Crippen LogP contribution < -0.4 is 0 Å². The monoisotopic (exact) mass is 210 g/mol. The van der Waals surface area contributed by atoms with Crippen LogP contribution in [0.25, 0.3) is 0 Å². The van der Waals surface area contributed by atoms with E-state index in [1.807, 2.05) is 0 Å². The Bertz CT molecular complexity index is 101. The first-order valence-electron chi connectivity index (χ1n) is 3.46. The highest BCUT2D eigenvalue weighted by molar-refractivity contribution is 9.10. The van der Waals surface area contributed by atoms with Crippen molar-refractivity contribution in [2.75, 3.05) is 0 Å². The highest BCUT2D eigenvalue weighted by atomic mass is 79.9. The topological polar surface area (TPSA) is 0 Å². The molecule has 0 bridgehead atoms. The molecule has 0 unspecified atom stereocenters. The van der Waals surface area contributed by atoms with E-state index in [1.165, 1.54) is 25.7 Å². The first-order chi connectivity index (χ1) is 4.13. The zero-order valence-corrected chi connectivity index (χ0v) is 8.00. The largest absolute Gasteiger partial charge is 0.121 e. The molecule has 0 aromatic heterocycles. The lowest BCUT2D eigenvalue weighted by atomic mass is 9.90. The van der Waals surface area contributed by atoms with Gasteiger partial charge in [-0.25, -0.2) is 0 Å². The van der Waals surface area contributed by atoms with Gasteiger partial charge in [0, 0.05) is 9.70 Å². The van der Waals surface area contributed by atoms with Gasteiger partial charge in [-0.15, -0.1) is 11.6 Å². The zero-order chi connectivity index (χ0) is 6.91. The van der Waals surface area contributed by atoms with E-state index in [9.17, 15) is 0 Å². The molecule has 54 valence electrons. The molecule has 9 heavy (non-hydrogen) atoms. The summed E-state index contributed by atoms with van der Waals surface area (Å²) in [6.45, 7) is 2.18. The molecule has 1 rings (SSSR count). The highest BCUT2D eigenvalue weighted by Gasteiger charge is 2.32. The minimum absolute atomic E-state index is 0.215. The van der Waals surface area contributed by atoms with Gasteiger partial charge in [-0.2, -0.15) is 0 Å². The predicted octanol–water partition coefficient (Wildman–Crippen LogP) is 3.32. The molecule has 0 aromatic carbocycles. The Labute approximate surface area is 70.1 Å². The third kappa shape index (κ3) is 1.84. The molecule has 2 atom stereocenters. The van der Waals surface area contributed by atoms with Crippen LogP contribution >= 0.6 is 27.5 Å². The van der Waals surface area contributed by atoms with Crippen molar-refractivity contribution in [2.45, 2.75) is 42.3 Å². The second-order valence-corrected chi connectivity index (χ2v) is 5.33. The molecule has 2 heteroatoms. The maximum absolute atomic E-state index is 6.06. The van der Waals surface area contributed by atoms with E-state index in [4.69, 9.17) is 11.6 Å². The molecular weight excluding hydrogens is 199 g/mol. The first-order valence-corrected chi connectivity index (χ1v) is 4.69. The molecule has 0 N–H and O–H groups in total. The van der Waals surface area contributed by atoms with E-state index in [2.05, 4.69) is 22.9 Å². The van der Waals surface area contributed by atoms with Crippen molar-refractivity contribution in [3.8, 4) is 0 Å². The summed E-state index contributed by atoms with van der Waals surface area (Å²) in [4.78, 5) is 0. The van der Waals surface area contributed by atoms with Gasteiger partial charge in [0.15, 0.2) is 0 Å². The Morgan fingerprint density at radius 2 is 2.22 bits per heavy atom. The van der Waals surface area contributed by atoms with Gasteiger partial charge >= 0.3 is 0 Å². The summed E-state index contributed by atoms with van der Waals surface area (Å²) >= 11 is 9.69. The summed E-state index contributed by atoms with van der Waals surface area (Å²) in [5.74, 6) is 0. The van der Waals surface area contributed by atoms with Crippen LogP contribution in [0.1, 0.15) is 32.6 Å². The van der Waals surface area contributed by atoms with Crippen molar-refractivity contribution in [3.05, 3.63) is 0 Å². The third-order valence-electron chi connectivity index (χ3n) is 2.03. The normalized spacial score (nSPS) is 45.0. The molecule has 0 saturated heterocycles. The minimum Gasteiger partial charge on any atom is -0.121 e. The maximum Gasteiger partial charge on any atom is 0.0486 e. The quantitative estimate of drug-likeness (QED) is 0.539. The molecule has 0 aromatic rings. The molecule has 1 saturated carbocycles. The second-order valence-electron chi connectivity index (χ2n) is 2.99. The van der Waals surface area contributed by atoms with Crippen molar-refractivity contribution in [2.24, 2.45) is 0 Å². The van der Waals surface area contributed by atoms with E-state index in [-0.39, 0.29) is 4.32 Å². The molecule has 0 aliphatic heterocycles. The van der Waals surface area contributed by atoms with E-state index < -0.39 is 0 Å². The molecular formula is C7H12BrCl. The zero-order valence-electron chi connectivity index (χ0n) is 5.66. The summed E-state index contributed by atoms with van der Waals surface area (Å²) < 4.78 is 0.215. The Balaban J connectivity index is 2.49. The molecule has 0 nitrogen and oxygen atoms in total. The van der Waals surface area contributed by atoms with E-state index in [0.29, 0.717) is 5.38 Å². The van der Waals surface area contributed by atoms with Crippen LogP contribution in [0.3, 0.4) is 0 Å². The molecule has 0 spiro atoms. The Hall–Kier alpha value is 0.770. The fourth-order valence-electron chi connectivity index (χ4n) is 1.25. The van der Waals surface area contributed by atoms with Crippen molar-refractivity contribution in [1.29, 1.82) is 0 Å². The van der Waals surface area contributed by atoms with Crippen LogP contribution in [-0.2, 0) is 0 Å². The molecule has 0 radical (unpaired) electrons. The van der Waals surface area contributed by atoms with Gasteiger partial charge in [-0.1, -0.05) is 28.8 Å². The van der Waals surface area contributed by atoms with Crippen LogP contribution in [-0.4, -0.2) is 9.70 Å². The summed E-state index contributed by atoms with van der Waals surface area (Å²) in [6.07, 6.45) is 5.02. The number of alkyl halides is 2. The van der Waals surface area contributed by atoms with Crippen molar-refractivity contribution in [3.63, 3.8) is 0 Å². The number of hydrogen-bond acceptors (Lipinski definition) is 0. The summed E-state index contributed by atoms with van der Waals surface area (Å²) in [6, 6.07) is 0. The summed E-state index contributed by atoms with van der Waals surface area (Å²) in [5.41, 5.74) is 0. The van der Waals surface area contributed by atoms with Crippen LogP contribution in [0.2, 0.25) is 0 Å². The van der Waals surface area contributed by atoms with Crippen molar-refractivity contribution < 1.29 is 0 Å². The second kappa shape index (κ2) is 2.79. The van der Waals surface area contributed by atoms with Crippen LogP contribution in [0.5, 0.6) is 0 Å². The Kier molecular flexibility index (Phi) is 2.44. The van der Waals surface area contributed by atoms with Crippen LogP contribution in [0, 0.1) is 0 Å². The van der Waals surface area contributed by atoms with E-state index >= 15 is 0 Å². The average molecular weight is 212 g/mol. The number of halogens is 2. The Morgan fingerprint density at radius 1 is 1.56 bits per heavy atom. The summed E-state index contributed by atoms with van der Waals surface area (Å²) in [7, 11) is 0. The smallest absolute Gasteiger partial charge is 0.0486 e. The minimum atomic E-state index is 0.215. The van der Waals surface area contributed by atoms with Gasteiger partial charge in [0.2, 0.25) is 0 Å². The molecule has 0 amide bonds. The standard InChI is InChI=1S/C7H12BrCl/c1-7(8)5-3-2-4-6(7)9/h6H,2-5H2,1H3/t6-,7-/m0/s1. The van der Waals surface area contributed by atoms with Crippen molar-refractivity contribution in [1.82, 2.24) is 0 Å². The third-order valence-corrected chi connectivity index (χ3v) is 3.94. The van der Waals surface area contributed by atoms with Gasteiger partial charge in [-0.3, -0.25) is 0 Å². The highest BCUT2D eigenvalue weighted by Crippen LogP contribution is 2.38. The lowest BCUT2D eigenvalue weighted by Gasteiger charge is -2.32. The van der Waals surface area contributed by atoms with Gasteiger partial charge in [-0.05, 0) is 19.8 Å². The van der Waals surface area contributed by atoms with Crippen LogP contribution in [0.15, 0.2) is 0 Å². The fraction of sp³-hybridized carbons (Fsp3) is 1.00. The van der Waals surface area contributed by atoms with E-state index in [1.54, 1.807) is 0 Å². The predicted molar refractivity (Wildman–Crippen MR) is 45.4 cm³/mol. The average Bonchev–Trinajstić information content (AvgIpc) is 1.77. The number of hydrogen-bond donors (Lipinski definition) is 0. The Morgan fingerprint density at radius 3 is 2.56 bits per heavy atom. The maximum atomic E-state index is 6.06. The molecule has 1 fully saturated rings. The van der Waals surface area contributed by atoms with Gasteiger partial charge < -0.3 is 0 Å². The molecule has 1 aliphatic rings.